The van der Waals surface area contributed by atoms with Crippen LogP contribution in [0.4, 0.5) is 16.4 Å². The zero-order valence-electron chi connectivity index (χ0n) is 15.9. The Morgan fingerprint density at radius 1 is 1.25 bits per heavy atom. The van der Waals surface area contributed by atoms with Crippen molar-refractivity contribution in [2.24, 2.45) is 0 Å². The van der Waals surface area contributed by atoms with Crippen molar-refractivity contribution >= 4 is 23.6 Å². The number of aromatic nitrogens is 2. The van der Waals surface area contributed by atoms with Crippen molar-refractivity contribution in [1.82, 2.24) is 20.6 Å². The van der Waals surface area contributed by atoms with Crippen LogP contribution in [0.5, 0.6) is 5.75 Å². The molecule has 3 rings (SSSR count). The number of nitrogens with one attached hydrogen (secondary N) is 3. The molecule has 2 heterocycles. The molecule has 3 N–H and O–H groups in total. The Morgan fingerprint density at radius 3 is 2.75 bits per heavy atom. The van der Waals surface area contributed by atoms with E-state index in [1.807, 2.05) is 0 Å². The first-order valence-electron chi connectivity index (χ1n) is 9.10. The Kier molecular flexibility index (Phi) is 6.25. The highest BCUT2D eigenvalue weighted by atomic mass is 16.5. The molecule has 1 aliphatic rings. The van der Waals surface area contributed by atoms with Gasteiger partial charge in [0.25, 0.3) is 5.91 Å². The topological polar surface area (TPSA) is 108 Å². The number of rotatable bonds is 5. The summed E-state index contributed by atoms with van der Waals surface area (Å²) in [6, 6.07) is 6.26. The van der Waals surface area contributed by atoms with E-state index in [9.17, 15) is 9.59 Å². The van der Waals surface area contributed by atoms with Crippen LogP contribution in [-0.2, 0) is 0 Å². The Morgan fingerprint density at radius 2 is 2.04 bits per heavy atom. The number of piperidine rings is 1. The lowest BCUT2D eigenvalue weighted by atomic mass is 10.1. The van der Waals surface area contributed by atoms with Gasteiger partial charge in [0.2, 0.25) is 5.95 Å². The number of amides is 3. The van der Waals surface area contributed by atoms with Gasteiger partial charge >= 0.3 is 6.03 Å². The number of hydrogen-bond acceptors (Lipinski definition) is 6. The minimum absolute atomic E-state index is 0.0364. The number of benzene rings is 1. The Labute approximate surface area is 163 Å². The number of methoxy groups -OCH3 is 1. The average Bonchev–Trinajstić information content (AvgIpc) is 2.74. The van der Waals surface area contributed by atoms with Gasteiger partial charge in [0.05, 0.1) is 12.8 Å². The highest BCUT2D eigenvalue weighted by Crippen LogP contribution is 2.25. The molecule has 1 atom stereocenters. The van der Waals surface area contributed by atoms with Crippen LogP contribution < -0.4 is 25.6 Å². The van der Waals surface area contributed by atoms with Gasteiger partial charge in [-0.25, -0.2) is 14.8 Å². The summed E-state index contributed by atoms with van der Waals surface area (Å²) in [4.78, 5) is 35.0. The second-order valence-electron chi connectivity index (χ2n) is 6.43. The summed E-state index contributed by atoms with van der Waals surface area (Å²) in [5.74, 6) is 0.900. The predicted molar refractivity (Wildman–Crippen MR) is 106 cm³/mol. The zero-order valence-corrected chi connectivity index (χ0v) is 15.9. The van der Waals surface area contributed by atoms with Crippen molar-refractivity contribution in [1.29, 1.82) is 0 Å². The molecule has 1 aromatic carbocycles. The standard InChI is InChI=1S/C19H24N6O3/c1-20-17(26)13-6-7-16(28-2)15(11-13)24-19(27)23-14-5-3-10-25(12-14)18-21-8-4-9-22-18/h4,6-9,11,14H,3,5,10,12H2,1-2H3,(H,20,26)(H2,23,24,27)/t14-/m1/s1. The maximum Gasteiger partial charge on any atom is 0.319 e. The summed E-state index contributed by atoms with van der Waals surface area (Å²) < 4.78 is 5.28. The molecular weight excluding hydrogens is 360 g/mol. The molecule has 1 aliphatic heterocycles. The number of nitrogens with zero attached hydrogens (tertiary/aromatic N) is 3. The number of urea groups is 1. The Bertz CT molecular complexity index is 830. The maximum absolute atomic E-state index is 12.5. The summed E-state index contributed by atoms with van der Waals surface area (Å²) in [6.45, 7) is 1.48. The van der Waals surface area contributed by atoms with E-state index in [1.54, 1.807) is 43.7 Å². The molecule has 1 saturated heterocycles. The molecule has 0 spiro atoms. The van der Waals surface area contributed by atoms with E-state index >= 15 is 0 Å². The fourth-order valence-electron chi connectivity index (χ4n) is 3.17. The predicted octanol–water partition coefficient (Wildman–Crippen LogP) is 1.64. The van der Waals surface area contributed by atoms with Crippen LogP contribution in [-0.4, -0.2) is 55.2 Å². The molecule has 1 aromatic heterocycles. The van der Waals surface area contributed by atoms with Gasteiger partial charge in [-0.2, -0.15) is 0 Å². The van der Waals surface area contributed by atoms with Crippen molar-refractivity contribution in [3.05, 3.63) is 42.2 Å². The van der Waals surface area contributed by atoms with Crippen molar-refractivity contribution < 1.29 is 14.3 Å². The van der Waals surface area contributed by atoms with E-state index in [2.05, 4.69) is 30.8 Å². The molecule has 148 valence electrons. The van der Waals surface area contributed by atoms with Gasteiger partial charge < -0.3 is 25.6 Å². The molecular formula is C19H24N6O3. The number of carbonyl (C=O) groups excluding carboxylic acids is 2. The Balaban J connectivity index is 1.64. The first-order chi connectivity index (χ1) is 13.6. The molecule has 0 bridgehead atoms. The summed E-state index contributed by atoms with van der Waals surface area (Å²) in [7, 11) is 3.06. The molecule has 28 heavy (non-hydrogen) atoms. The third kappa shape index (κ3) is 4.67. The van der Waals surface area contributed by atoms with Crippen LogP contribution in [0.2, 0.25) is 0 Å². The minimum Gasteiger partial charge on any atom is -0.495 e. The fraction of sp³-hybridized carbons (Fsp3) is 0.368. The number of hydrogen-bond donors (Lipinski definition) is 3. The van der Waals surface area contributed by atoms with Gasteiger partial charge in [-0.1, -0.05) is 0 Å². The van der Waals surface area contributed by atoms with Gasteiger partial charge in [-0.05, 0) is 37.1 Å². The third-order valence-electron chi connectivity index (χ3n) is 4.53. The van der Waals surface area contributed by atoms with Crippen molar-refractivity contribution in [3.8, 4) is 5.75 Å². The average molecular weight is 384 g/mol. The van der Waals surface area contributed by atoms with Gasteiger partial charge in [0.1, 0.15) is 5.75 Å². The maximum atomic E-state index is 12.5. The lowest BCUT2D eigenvalue weighted by Crippen LogP contribution is -2.49. The van der Waals surface area contributed by atoms with Crippen LogP contribution in [0.3, 0.4) is 0 Å². The van der Waals surface area contributed by atoms with Crippen LogP contribution >= 0.6 is 0 Å². The van der Waals surface area contributed by atoms with Gasteiger partial charge in [0.15, 0.2) is 0 Å². The number of anilines is 2. The molecule has 9 nitrogen and oxygen atoms in total. The highest BCUT2D eigenvalue weighted by Gasteiger charge is 2.23. The Hall–Kier alpha value is -3.36. The van der Waals surface area contributed by atoms with Crippen LogP contribution in [0, 0.1) is 0 Å². The van der Waals surface area contributed by atoms with E-state index in [-0.39, 0.29) is 18.0 Å². The normalized spacial score (nSPS) is 16.2. The molecule has 9 heteroatoms. The lowest BCUT2D eigenvalue weighted by Gasteiger charge is -2.33. The van der Waals surface area contributed by atoms with Crippen LogP contribution in [0.15, 0.2) is 36.7 Å². The second kappa shape index (κ2) is 9.03. The summed E-state index contributed by atoms with van der Waals surface area (Å²) in [6.07, 6.45) is 5.21. The second-order valence-corrected chi connectivity index (χ2v) is 6.43. The summed E-state index contributed by atoms with van der Waals surface area (Å²) in [5.41, 5.74) is 0.865. The SMILES string of the molecule is CNC(=O)c1ccc(OC)c(NC(=O)N[C@@H]2CCCN(c3ncccn3)C2)c1. The highest BCUT2D eigenvalue weighted by molar-refractivity contribution is 5.97. The molecule has 0 radical (unpaired) electrons. The lowest BCUT2D eigenvalue weighted by molar-refractivity contribution is 0.0963. The molecule has 0 saturated carbocycles. The van der Waals surface area contributed by atoms with Crippen LogP contribution in [0.1, 0.15) is 23.2 Å². The van der Waals surface area contributed by atoms with E-state index < -0.39 is 0 Å². The molecule has 0 aliphatic carbocycles. The third-order valence-corrected chi connectivity index (χ3v) is 4.53. The molecule has 2 aromatic rings. The van der Waals surface area contributed by atoms with E-state index in [0.29, 0.717) is 29.5 Å². The number of ether oxygens (including phenoxy) is 1. The van der Waals surface area contributed by atoms with Crippen molar-refractivity contribution in [2.45, 2.75) is 18.9 Å². The quantitative estimate of drug-likeness (QED) is 0.723. The molecule has 1 fully saturated rings. The van der Waals surface area contributed by atoms with Crippen molar-refractivity contribution in [2.75, 3.05) is 37.5 Å². The summed E-state index contributed by atoms with van der Waals surface area (Å²) in [5, 5.41) is 8.32. The van der Waals surface area contributed by atoms with Crippen molar-refractivity contribution in [3.63, 3.8) is 0 Å². The van der Waals surface area contributed by atoms with Gasteiger partial charge in [0, 0.05) is 44.1 Å². The fourth-order valence-corrected chi connectivity index (χ4v) is 3.17. The van der Waals surface area contributed by atoms with E-state index in [0.717, 1.165) is 19.4 Å². The molecule has 0 unspecified atom stereocenters. The minimum atomic E-state index is -0.354. The smallest absolute Gasteiger partial charge is 0.319 e. The molecule has 3 amide bonds. The van der Waals surface area contributed by atoms with Gasteiger partial charge in [-0.3, -0.25) is 4.79 Å². The first kappa shape index (κ1) is 19.4. The largest absolute Gasteiger partial charge is 0.495 e. The van der Waals surface area contributed by atoms with E-state index in [4.69, 9.17) is 4.74 Å². The zero-order chi connectivity index (χ0) is 19.9. The van der Waals surface area contributed by atoms with E-state index in [1.165, 1.54) is 7.11 Å². The first-order valence-corrected chi connectivity index (χ1v) is 9.10. The summed E-state index contributed by atoms with van der Waals surface area (Å²) >= 11 is 0. The number of carbonyl (C=O) groups is 2. The van der Waals surface area contributed by atoms with Gasteiger partial charge in [-0.15, -0.1) is 0 Å². The van der Waals surface area contributed by atoms with Crippen LogP contribution in [0.25, 0.3) is 0 Å². The monoisotopic (exact) mass is 384 g/mol.